The number of nitrogens with one attached hydrogen (secondary N) is 1. The highest BCUT2D eigenvalue weighted by Gasteiger charge is 2.26. The lowest BCUT2D eigenvalue weighted by molar-refractivity contribution is 0.0692. The standard InChI is InChI=1S/C16H21N5O.2ClH/c1-2-8-21(14-4-5-17-11-14)16(22)13-3-6-19-15(10-13)20-9-7-18-12-20;;/h3,6-7,9-10,12,14,17H,2,4-5,8,11H2,1H3;2*1H. The van der Waals surface area contributed by atoms with Gasteiger partial charge in [-0.15, -0.1) is 24.8 Å². The molecule has 6 nitrogen and oxygen atoms in total. The normalized spacial score (nSPS) is 16.1. The van der Waals surface area contributed by atoms with Crippen LogP contribution in [0.15, 0.2) is 37.1 Å². The molecular formula is C16H23Cl2N5O. The lowest BCUT2D eigenvalue weighted by Gasteiger charge is -2.28. The first-order valence-corrected chi connectivity index (χ1v) is 7.75. The van der Waals surface area contributed by atoms with Crippen LogP contribution in [0, 0.1) is 0 Å². The predicted molar refractivity (Wildman–Crippen MR) is 98.5 cm³/mol. The molecule has 1 atom stereocenters. The highest BCUT2D eigenvalue weighted by molar-refractivity contribution is 5.94. The number of amides is 1. The molecule has 0 spiro atoms. The number of hydrogen-bond donors (Lipinski definition) is 1. The lowest BCUT2D eigenvalue weighted by Crippen LogP contribution is -2.42. The highest BCUT2D eigenvalue weighted by Crippen LogP contribution is 2.15. The molecule has 24 heavy (non-hydrogen) atoms. The minimum atomic E-state index is 0. The Balaban J connectivity index is 0.00000144. The molecule has 1 amide bonds. The van der Waals surface area contributed by atoms with Crippen LogP contribution in [0.5, 0.6) is 0 Å². The van der Waals surface area contributed by atoms with E-state index in [1.54, 1.807) is 29.4 Å². The Hall–Kier alpha value is -1.63. The average Bonchev–Trinajstić information content (AvgIpc) is 3.25. The number of carbonyl (C=O) groups is 1. The zero-order chi connectivity index (χ0) is 15.4. The van der Waals surface area contributed by atoms with Gasteiger partial charge < -0.3 is 10.2 Å². The third kappa shape index (κ3) is 4.47. The Morgan fingerprint density at radius 1 is 1.42 bits per heavy atom. The van der Waals surface area contributed by atoms with Crippen molar-refractivity contribution in [2.75, 3.05) is 19.6 Å². The van der Waals surface area contributed by atoms with Crippen molar-refractivity contribution in [1.82, 2.24) is 24.8 Å². The van der Waals surface area contributed by atoms with Crippen LogP contribution in [0.2, 0.25) is 0 Å². The maximum atomic E-state index is 12.9. The number of imidazole rings is 1. The van der Waals surface area contributed by atoms with Crippen molar-refractivity contribution in [3.63, 3.8) is 0 Å². The van der Waals surface area contributed by atoms with Crippen LogP contribution in [-0.4, -0.2) is 51.0 Å². The molecular weight excluding hydrogens is 349 g/mol. The van der Waals surface area contributed by atoms with E-state index < -0.39 is 0 Å². The van der Waals surface area contributed by atoms with E-state index in [-0.39, 0.29) is 36.8 Å². The molecule has 0 bridgehead atoms. The van der Waals surface area contributed by atoms with E-state index in [0.717, 1.165) is 32.5 Å². The van der Waals surface area contributed by atoms with Gasteiger partial charge in [0, 0.05) is 43.3 Å². The molecule has 8 heteroatoms. The van der Waals surface area contributed by atoms with Crippen molar-refractivity contribution < 1.29 is 4.79 Å². The van der Waals surface area contributed by atoms with E-state index >= 15 is 0 Å². The van der Waals surface area contributed by atoms with Gasteiger partial charge >= 0.3 is 0 Å². The SMILES string of the molecule is CCCN(C(=O)c1ccnc(-n2ccnc2)c1)C1CCNC1.Cl.Cl. The van der Waals surface area contributed by atoms with Crippen LogP contribution in [0.25, 0.3) is 5.82 Å². The van der Waals surface area contributed by atoms with Gasteiger partial charge in [-0.3, -0.25) is 9.36 Å². The van der Waals surface area contributed by atoms with Crippen LogP contribution < -0.4 is 5.32 Å². The fourth-order valence-electron chi connectivity index (χ4n) is 2.85. The largest absolute Gasteiger partial charge is 0.334 e. The summed E-state index contributed by atoms with van der Waals surface area (Å²) in [6.45, 7) is 4.75. The molecule has 1 unspecified atom stereocenters. The predicted octanol–water partition coefficient (Wildman–Crippen LogP) is 2.33. The van der Waals surface area contributed by atoms with E-state index in [0.29, 0.717) is 11.4 Å². The van der Waals surface area contributed by atoms with E-state index in [1.807, 2.05) is 17.2 Å². The van der Waals surface area contributed by atoms with Crippen molar-refractivity contribution in [2.45, 2.75) is 25.8 Å². The van der Waals surface area contributed by atoms with E-state index in [2.05, 4.69) is 22.2 Å². The van der Waals surface area contributed by atoms with E-state index in [9.17, 15) is 4.79 Å². The van der Waals surface area contributed by atoms with Gasteiger partial charge in [-0.1, -0.05) is 6.92 Å². The Kier molecular flexibility index (Phi) is 8.18. The molecule has 0 aromatic carbocycles. The second kappa shape index (κ2) is 9.61. The highest BCUT2D eigenvalue weighted by atomic mass is 35.5. The number of rotatable bonds is 5. The summed E-state index contributed by atoms with van der Waals surface area (Å²) in [5.41, 5.74) is 0.680. The van der Waals surface area contributed by atoms with Crippen molar-refractivity contribution in [3.05, 3.63) is 42.6 Å². The van der Waals surface area contributed by atoms with Gasteiger partial charge in [0.25, 0.3) is 5.91 Å². The van der Waals surface area contributed by atoms with Gasteiger partial charge in [0.05, 0.1) is 0 Å². The number of nitrogens with zero attached hydrogens (tertiary/aromatic N) is 4. The fraction of sp³-hybridized carbons (Fsp3) is 0.438. The first kappa shape index (κ1) is 20.4. The van der Waals surface area contributed by atoms with Gasteiger partial charge in [0.1, 0.15) is 12.1 Å². The minimum Gasteiger partial charge on any atom is -0.334 e. The maximum Gasteiger partial charge on any atom is 0.254 e. The Morgan fingerprint density at radius 2 is 2.25 bits per heavy atom. The van der Waals surface area contributed by atoms with Gasteiger partial charge in [-0.2, -0.15) is 0 Å². The zero-order valence-corrected chi connectivity index (χ0v) is 15.2. The Morgan fingerprint density at radius 3 is 2.88 bits per heavy atom. The molecule has 1 aliphatic heterocycles. The number of carbonyl (C=O) groups excluding carboxylic acids is 1. The summed E-state index contributed by atoms with van der Waals surface area (Å²) in [4.78, 5) is 23.2. The molecule has 0 radical (unpaired) electrons. The Labute approximate surface area is 154 Å². The molecule has 3 heterocycles. The third-order valence-corrected chi connectivity index (χ3v) is 3.96. The summed E-state index contributed by atoms with van der Waals surface area (Å²) in [5, 5.41) is 3.33. The van der Waals surface area contributed by atoms with Gasteiger partial charge in [0.2, 0.25) is 0 Å². The van der Waals surface area contributed by atoms with Crippen LogP contribution >= 0.6 is 24.8 Å². The summed E-state index contributed by atoms with van der Waals surface area (Å²) in [6.07, 6.45) is 8.86. The molecule has 132 valence electrons. The summed E-state index contributed by atoms with van der Waals surface area (Å²) in [6, 6.07) is 3.90. The van der Waals surface area contributed by atoms with Gasteiger partial charge in [-0.25, -0.2) is 9.97 Å². The van der Waals surface area contributed by atoms with Crippen molar-refractivity contribution in [3.8, 4) is 5.82 Å². The summed E-state index contributed by atoms with van der Waals surface area (Å²) >= 11 is 0. The molecule has 2 aromatic heterocycles. The lowest BCUT2D eigenvalue weighted by atomic mass is 10.1. The van der Waals surface area contributed by atoms with Gasteiger partial charge in [-0.05, 0) is 31.5 Å². The number of aromatic nitrogens is 3. The van der Waals surface area contributed by atoms with Crippen molar-refractivity contribution >= 4 is 30.7 Å². The fourth-order valence-corrected chi connectivity index (χ4v) is 2.85. The molecule has 1 saturated heterocycles. The molecule has 0 aliphatic carbocycles. The number of pyridine rings is 1. The third-order valence-electron chi connectivity index (χ3n) is 3.96. The smallest absolute Gasteiger partial charge is 0.254 e. The van der Waals surface area contributed by atoms with Crippen LogP contribution in [0.4, 0.5) is 0 Å². The molecule has 1 aliphatic rings. The first-order chi connectivity index (χ1) is 10.8. The van der Waals surface area contributed by atoms with Gasteiger partial charge in [0.15, 0.2) is 0 Å². The second-order valence-corrected chi connectivity index (χ2v) is 5.52. The summed E-state index contributed by atoms with van der Waals surface area (Å²) in [7, 11) is 0. The topological polar surface area (TPSA) is 63.1 Å². The van der Waals surface area contributed by atoms with E-state index in [1.165, 1.54) is 0 Å². The molecule has 1 N–H and O–H groups in total. The Bertz CT molecular complexity index is 629. The summed E-state index contributed by atoms with van der Waals surface area (Å²) in [5.74, 6) is 0.795. The maximum absolute atomic E-state index is 12.9. The number of hydrogen-bond acceptors (Lipinski definition) is 4. The zero-order valence-electron chi connectivity index (χ0n) is 13.6. The van der Waals surface area contributed by atoms with E-state index in [4.69, 9.17) is 0 Å². The quantitative estimate of drug-likeness (QED) is 0.875. The molecule has 1 fully saturated rings. The minimum absolute atomic E-state index is 0. The molecule has 2 aromatic rings. The van der Waals surface area contributed by atoms with Crippen molar-refractivity contribution in [2.24, 2.45) is 0 Å². The average molecular weight is 372 g/mol. The van der Waals surface area contributed by atoms with Crippen molar-refractivity contribution in [1.29, 1.82) is 0 Å². The molecule has 0 saturated carbocycles. The second-order valence-electron chi connectivity index (χ2n) is 5.52. The number of halogens is 2. The van der Waals surface area contributed by atoms with Crippen LogP contribution in [0.3, 0.4) is 0 Å². The summed E-state index contributed by atoms with van der Waals surface area (Å²) < 4.78 is 1.80. The molecule has 3 rings (SSSR count). The monoisotopic (exact) mass is 371 g/mol. The van der Waals surface area contributed by atoms with Crippen LogP contribution in [0.1, 0.15) is 30.1 Å². The van der Waals surface area contributed by atoms with Crippen LogP contribution in [-0.2, 0) is 0 Å². The first-order valence-electron chi connectivity index (χ1n) is 7.75.